The maximum absolute atomic E-state index is 14.1. The summed E-state index contributed by atoms with van der Waals surface area (Å²) in [5.74, 6) is -0.225. The van der Waals surface area contributed by atoms with Crippen molar-refractivity contribution in [1.82, 2.24) is 35.5 Å². The Hall–Kier alpha value is -4.20. The van der Waals surface area contributed by atoms with E-state index >= 15 is 0 Å². The van der Waals surface area contributed by atoms with Gasteiger partial charge in [-0.15, -0.1) is 11.3 Å². The fourth-order valence-electron chi connectivity index (χ4n) is 8.55. The van der Waals surface area contributed by atoms with E-state index in [1.165, 1.54) is 0 Å². The van der Waals surface area contributed by atoms with Crippen LogP contribution in [0, 0.1) is 24.2 Å². The van der Waals surface area contributed by atoms with Crippen LogP contribution in [0.1, 0.15) is 115 Å². The van der Waals surface area contributed by atoms with Crippen LogP contribution in [0.5, 0.6) is 0 Å². The molecule has 3 aromatic heterocycles. The number of aromatic nitrogens is 4. The van der Waals surface area contributed by atoms with E-state index in [0.717, 1.165) is 96.6 Å². The van der Waals surface area contributed by atoms with Crippen LogP contribution in [0.4, 0.5) is 5.82 Å². The Balaban J connectivity index is 0.891. The first-order valence-corrected chi connectivity index (χ1v) is 21.9. The molecule has 57 heavy (non-hydrogen) atoms. The van der Waals surface area contributed by atoms with Gasteiger partial charge in [0.25, 0.3) is 0 Å². The largest absolute Gasteiger partial charge is 0.393 e. The zero-order valence-electron chi connectivity index (χ0n) is 34.4. The molecule has 2 aliphatic rings. The lowest BCUT2D eigenvalue weighted by Crippen LogP contribution is -2.51. The predicted molar refractivity (Wildman–Crippen MR) is 226 cm³/mol. The number of hydrogen-bond acceptors (Lipinski definition) is 10. The topological polar surface area (TPSA) is 163 Å². The van der Waals surface area contributed by atoms with Crippen LogP contribution in [0.3, 0.4) is 0 Å². The molecule has 0 saturated heterocycles. The molecule has 0 aliphatic heterocycles. The second kappa shape index (κ2) is 19.5. The number of Topliss-reactive ketones (excluding diaryl/α,β-unsaturated/α-hetero) is 1. The first kappa shape index (κ1) is 42.4. The third kappa shape index (κ3) is 11.3. The van der Waals surface area contributed by atoms with E-state index < -0.39 is 24.0 Å². The lowest BCUT2D eigenvalue weighted by molar-refractivity contribution is -0.135. The number of anilines is 1. The normalized spacial score (nSPS) is 21.5. The van der Waals surface area contributed by atoms with Crippen molar-refractivity contribution < 1.29 is 19.5 Å². The molecule has 2 amide bonds. The summed E-state index contributed by atoms with van der Waals surface area (Å²) in [5.41, 5.74) is 6.46. The lowest BCUT2D eigenvalue weighted by atomic mass is 9.77. The molecule has 2 saturated carbocycles. The average Bonchev–Trinajstić information content (AvgIpc) is 4.00. The monoisotopic (exact) mass is 798 g/mol. The molecule has 5 N–H and O–H groups in total. The molecule has 2 aliphatic carbocycles. The minimum absolute atomic E-state index is 0.00111. The first-order chi connectivity index (χ1) is 27.4. The van der Waals surface area contributed by atoms with E-state index in [9.17, 15) is 19.5 Å². The zero-order chi connectivity index (χ0) is 40.5. The Kier molecular flexibility index (Phi) is 14.5. The van der Waals surface area contributed by atoms with E-state index in [2.05, 4.69) is 44.3 Å². The zero-order valence-corrected chi connectivity index (χ0v) is 35.2. The molecule has 2 fully saturated rings. The number of benzene rings is 1. The molecule has 0 bridgehead atoms. The Morgan fingerprint density at radius 3 is 2.47 bits per heavy atom. The number of aliphatic hydroxyl groups excluding tert-OH is 1. The first-order valence-electron chi connectivity index (χ1n) is 21.0. The van der Waals surface area contributed by atoms with Crippen LogP contribution < -0.4 is 21.3 Å². The van der Waals surface area contributed by atoms with Gasteiger partial charge in [-0.2, -0.15) is 9.61 Å². The molecule has 4 aromatic rings. The van der Waals surface area contributed by atoms with E-state index in [1.54, 1.807) is 17.5 Å². The van der Waals surface area contributed by atoms with E-state index in [1.807, 2.05) is 68.1 Å². The smallest absolute Gasteiger partial charge is 0.224 e. The molecule has 6 rings (SSSR count). The van der Waals surface area contributed by atoms with Crippen molar-refractivity contribution in [3.63, 3.8) is 0 Å². The summed E-state index contributed by atoms with van der Waals surface area (Å²) in [4.78, 5) is 50.5. The highest BCUT2D eigenvalue weighted by Gasteiger charge is 2.46. The fraction of sp³-hybridized carbons (Fsp3) is 0.591. The van der Waals surface area contributed by atoms with Gasteiger partial charge in [0.05, 0.1) is 40.3 Å². The van der Waals surface area contributed by atoms with Crippen LogP contribution >= 0.6 is 11.3 Å². The fourth-order valence-corrected chi connectivity index (χ4v) is 9.36. The summed E-state index contributed by atoms with van der Waals surface area (Å²) in [7, 11) is 0. The number of nitrogens with one attached hydrogen (secondary N) is 4. The van der Waals surface area contributed by atoms with Crippen LogP contribution in [-0.4, -0.2) is 73.1 Å². The highest BCUT2D eigenvalue weighted by atomic mass is 32.1. The number of aryl methyl sites for hydroxylation is 2. The Labute approximate surface area is 341 Å². The van der Waals surface area contributed by atoms with Gasteiger partial charge in [-0.05, 0) is 81.4 Å². The van der Waals surface area contributed by atoms with Crippen molar-refractivity contribution >= 4 is 40.4 Å². The summed E-state index contributed by atoms with van der Waals surface area (Å²) in [5, 5.41) is 28.5. The standard InChI is InChI=1S/C44H62N8O4S/c1-6-11-31-23-38(52-37(49-31)19-21-48-52)50-32-17-18-33(22-32)51-39(54)12-9-7-8-10-20-45-42(44(3,4)5)40(55)35-24-34(53)25-36(35)43(56)46-26-29-13-15-30(16-14-29)41-28(2)47-27-57-41/h13-16,19,21,23,27,32-36,42,45,50,53H,6-12,17-18,20,22,24-26H2,1-5H3,(H,46,56)(H,51,54)/t32-,33-,34+,35?,36-,42-/m1/s1. The summed E-state index contributed by atoms with van der Waals surface area (Å²) < 4.78 is 1.85. The lowest BCUT2D eigenvalue weighted by Gasteiger charge is -2.33. The SMILES string of the molecule is CCCc1cc(N[C@@H]2CC[C@@H](NC(=O)CCCCCCN[C@H](C(=O)C3C[C@H](O)C[C@H]3C(=O)NCc3ccc(-c4scnc4C)cc3)C(C)(C)C)C2)n2nccc2n1. The van der Waals surface area contributed by atoms with Gasteiger partial charge in [-0.3, -0.25) is 14.4 Å². The molecule has 1 aromatic carbocycles. The molecule has 6 atom stereocenters. The minimum atomic E-state index is -0.680. The number of unbranched alkanes of at least 4 members (excludes halogenated alkanes) is 3. The second-order valence-corrected chi connectivity index (χ2v) is 18.1. The second-order valence-electron chi connectivity index (χ2n) is 17.2. The molecule has 12 nitrogen and oxygen atoms in total. The van der Waals surface area contributed by atoms with Crippen LogP contribution in [0.25, 0.3) is 16.1 Å². The van der Waals surface area contributed by atoms with Crippen molar-refractivity contribution in [2.24, 2.45) is 17.3 Å². The third-order valence-electron chi connectivity index (χ3n) is 11.6. The number of amides is 2. The van der Waals surface area contributed by atoms with Crippen LogP contribution in [-0.2, 0) is 27.3 Å². The number of nitrogens with zero attached hydrogens (tertiary/aromatic N) is 4. The number of thiazole rings is 1. The third-order valence-corrected chi connectivity index (χ3v) is 12.5. The minimum Gasteiger partial charge on any atom is -0.393 e. The Morgan fingerprint density at radius 1 is 0.982 bits per heavy atom. The van der Waals surface area contributed by atoms with Crippen molar-refractivity contribution in [3.8, 4) is 10.4 Å². The summed E-state index contributed by atoms with van der Waals surface area (Å²) in [6.07, 6.45) is 10.6. The van der Waals surface area contributed by atoms with Crippen molar-refractivity contribution in [3.05, 3.63) is 65.1 Å². The highest BCUT2D eigenvalue weighted by Crippen LogP contribution is 2.37. The van der Waals surface area contributed by atoms with Crippen molar-refractivity contribution in [2.75, 3.05) is 11.9 Å². The van der Waals surface area contributed by atoms with Crippen molar-refractivity contribution in [1.29, 1.82) is 0 Å². The number of hydrogen-bond donors (Lipinski definition) is 5. The maximum Gasteiger partial charge on any atom is 0.224 e. The number of aliphatic hydroxyl groups is 1. The van der Waals surface area contributed by atoms with Gasteiger partial charge >= 0.3 is 0 Å². The number of carbonyl (C=O) groups excluding carboxylic acids is 3. The van der Waals surface area contributed by atoms with E-state index in [-0.39, 0.29) is 41.5 Å². The molecule has 13 heteroatoms. The molecule has 1 unspecified atom stereocenters. The maximum atomic E-state index is 14.1. The van der Waals surface area contributed by atoms with Gasteiger partial charge in [0.1, 0.15) is 5.82 Å². The molecule has 3 heterocycles. The van der Waals surface area contributed by atoms with E-state index in [0.29, 0.717) is 25.9 Å². The quantitative estimate of drug-likeness (QED) is 0.0644. The number of ketones is 1. The Morgan fingerprint density at radius 2 is 1.74 bits per heavy atom. The highest BCUT2D eigenvalue weighted by molar-refractivity contribution is 7.13. The molecular weight excluding hydrogens is 737 g/mol. The summed E-state index contributed by atoms with van der Waals surface area (Å²) in [6.45, 7) is 11.3. The van der Waals surface area contributed by atoms with Gasteiger partial charge < -0.3 is 26.4 Å². The summed E-state index contributed by atoms with van der Waals surface area (Å²) in [6, 6.07) is 12.1. The predicted octanol–water partition coefficient (Wildman–Crippen LogP) is 6.79. The number of rotatable bonds is 19. The molecule has 0 radical (unpaired) electrons. The van der Waals surface area contributed by atoms with Crippen molar-refractivity contribution in [2.45, 2.75) is 142 Å². The molecule has 308 valence electrons. The summed E-state index contributed by atoms with van der Waals surface area (Å²) >= 11 is 1.61. The van der Waals surface area contributed by atoms with Crippen LogP contribution in [0.2, 0.25) is 0 Å². The van der Waals surface area contributed by atoms with Crippen LogP contribution in [0.15, 0.2) is 48.1 Å². The number of fused-ring (bicyclic) bond motifs is 1. The number of carbonyl (C=O) groups is 3. The van der Waals surface area contributed by atoms with E-state index in [4.69, 9.17) is 4.98 Å². The van der Waals surface area contributed by atoms with Gasteiger partial charge in [0.15, 0.2) is 11.4 Å². The van der Waals surface area contributed by atoms with Gasteiger partial charge in [-0.25, -0.2) is 9.97 Å². The Bertz CT molecular complexity index is 1950. The van der Waals surface area contributed by atoms with Gasteiger partial charge in [-0.1, -0.05) is 71.2 Å². The molecular formula is C44H62N8O4S. The average molecular weight is 799 g/mol. The van der Waals surface area contributed by atoms with Gasteiger partial charge in [0.2, 0.25) is 11.8 Å². The molecule has 0 spiro atoms. The van der Waals surface area contributed by atoms with Gasteiger partial charge in [0, 0.05) is 48.8 Å².